The highest BCUT2D eigenvalue weighted by molar-refractivity contribution is 7.07. The van der Waals surface area contributed by atoms with Gasteiger partial charge in [-0.05, 0) is 43.0 Å². The second-order valence-electron chi connectivity index (χ2n) is 8.48. The SMILES string of the molecule is CCO[C@@H]1[C@@H](NC(=O)c2cccnc2)c2ccccc2C12CCN(C(=O)c1cscn1)CC2. The van der Waals surface area contributed by atoms with Gasteiger partial charge in [-0.25, -0.2) is 4.98 Å². The molecule has 0 bridgehead atoms. The van der Waals surface area contributed by atoms with Crippen LogP contribution in [0.25, 0.3) is 0 Å². The molecule has 3 heterocycles. The van der Waals surface area contributed by atoms with E-state index in [1.165, 1.54) is 16.9 Å². The highest BCUT2D eigenvalue weighted by Crippen LogP contribution is 2.52. The van der Waals surface area contributed by atoms with E-state index in [4.69, 9.17) is 4.74 Å². The number of pyridine rings is 1. The molecule has 5 rings (SSSR count). The van der Waals surface area contributed by atoms with Crippen LogP contribution in [-0.4, -0.2) is 52.5 Å². The lowest BCUT2D eigenvalue weighted by Crippen LogP contribution is -2.52. The molecule has 1 spiro atoms. The van der Waals surface area contributed by atoms with E-state index in [1.807, 2.05) is 24.0 Å². The van der Waals surface area contributed by atoms with Gasteiger partial charge in [-0.3, -0.25) is 14.6 Å². The second-order valence-corrected chi connectivity index (χ2v) is 9.20. The van der Waals surface area contributed by atoms with Gasteiger partial charge in [0, 0.05) is 42.9 Å². The molecule has 7 nitrogen and oxygen atoms in total. The summed E-state index contributed by atoms with van der Waals surface area (Å²) in [7, 11) is 0. The highest BCUT2D eigenvalue weighted by atomic mass is 32.1. The lowest BCUT2D eigenvalue weighted by molar-refractivity contribution is -0.0306. The summed E-state index contributed by atoms with van der Waals surface area (Å²) in [6.45, 7) is 3.77. The number of benzene rings is 1. The van der Waals surface area contributed by atoms with Crippen molar-refractivity contribution in [2.24, 2.45) is 0 Å². The zero-order chi connectivity index (χ0) is 22.8. The number of thiazole rings is 1. The predicted octanol–water partition coefficient (Wildman–Crippen LogP) is 3.60. The summed E-state index contributed by atoms with van der Waals surface area (Å²) in [5.41, 5.74) is 4.75. The maximum absolute atomic E-state index is 13.0. The number of fused-ring (bicyclic) bond motifs is 2. The van der Waals surface area contributed by atoms with Crippen LogP contribution in [0.15, 0.2) is 59.7 Å². The maximum Gasteiger partial charge on any atom is 0.273 e. The van der Waals surface area contributed by atoms with Crippen molar-refractivity contribution in [3.05, 3.63) is 82.1 Å². The number of ether oxygens (including phenoxy) is 1. The van der Waals surface area contributed by atoms with Crippen LogP contribution >= 0.6 is 11.3 Å². The normalized spacial score (nSPS) is 21.1. The van der Waals surface area contributed by atoms with Crippen LogP contribution in [0.4, 0.5) is 0 Å². The van der Waals surface area contributed by atoms with Crippen molar-refractivity contribution in [3.63, 3.8) is 0 Å². The van der Waals surface area contributed by atoms with Crippen molar-refractivity contribution in [2.75, 3.05) is 19.7 Å². The minimum Gasteiger partial charge on any atom is -0.375 e. The van der Waals surface area contributed by atoms with Gasteiger partial charge in [-0.15, -0.1) is 11.3 Å². The fourth-order valence-corrected chi connectivity index (χ4v) is 5.84. The van der Waals surface area contributed by atoms with E-state index in [9.17, 15) is 9.59 Å². The highest BCUT2D eigenvalue weighted by Gasteiger charge is 2.54. The van der Waals surface area contributed by atoms with E-state index >= 15 is 0 Å². The zero-order valence-corrected chi connectivity index (χ0v) is 19.3. The number of hydrogen-bond donors (Lipinski definition) is 1. The molecule has 2 aromatic heterocycles. The molecule has 0 radical (unpaired) electrons. The molecular weight excluding hydrogens is 436 g/mol. The molecule has 0 unspecified atom stereocenters. The van der Waals surface area contributed by atoms with Crippen LogP contribution in [0.2, 0.25) is 0 Å². The molecule has 8 heteroatoms. The Morgan fingerprint density at radius 1 is 1.21 bits per heavy atom. The lowest BCUT2D eigenvalue weighted by atomic mass is 9.71. The van der Waals surface area contributed by atoms with Crippen molar-refractivity contribution in [1.82, 2.24) is 20.2 Å². The number of amides is 2. The van der Waals surface area contributed by atoms with Crippen molar-refractivity contribution < 1.29 is 14.3 Å². The molecule has 1 aromatic carbocycles. The van der Waals surface area contributed by atoms with Crippen LogP contribution in [0, 0.1) is 0 Å². The largest absolute Gasteiger partial charge is 0.375 e. The Labute approximate surface area is 196 Å². The monoisotopic (exact) mass is 462 g/mol. The average Bonchev–Trinajstić information content (AvgIpc) is 3.48. The molecule has 1 aliphatic heterocycles. The third-order valence-electron chi connectivity index (χ3n) is 6.83. The number of piperidine rings is 1. The molecule has 1 N–H and O–H groups in total. The summed E-state index contributed by atoms with van der Waals surface area (Å²) >= 11 is 1.43. The first-order chi connectivity index (χ1) is 16.1. The van der Waals surface area contributed by atoms with Crippen LogP contribution in [0.5, 0.6) is 0 Å². The number of carbonyl (C=O) groups excluding carboxylic acids is 2. The van der Waals surface area contributed by atoms with E-state index in [1.54, 1.807) is 35.4 Å². The fraction of sp³-hybridized carbons (Fsp3) is 0.360. The molecule has 1 aliphatic carbocycles. The fourth-order valence-electron chi connectivity index (χ4n) is 5.31. The van der Waals surface area contributed by atoms with Crippen LogP contribution in [-0.2, 0) is 10.2 Å². The molecule has 170 valence electrons. The van der Waals surface area contributed by atoms with Gasteiger partial charge in [0.2, 0.25) is 0 Å². The molecule has 0 saturated carbocycles. The smallest absolute Gasteiger partial charge is 0.273 e. The Morgan fingerprint density at radius 2 is 2.03 bits per heavy atom. The van der Waals surface area contributed by atoms with Crippen LogP contribution < -0.4 is 5.32 Å². The number of nitrogens with zero attached hydrogens (tertiary/aromatic N) is 3. The number of aromatic nitrogens is 2. The van der Waals surface area contributed by atoms with Crippen molar-refractivity contribution in [2.45, 2.75) is 37.3 Å². The Kier molecular flexibility index (Phi) is 5.95. The number of hydrogen-bond acceptors (Lipinski definition) is 6. The van der Waals surface area contributed by atoms with Gasteiger partial charge < -0.3 is 15.0 Å². The third kappa shape index (κ3) is 3.83. The minimum absolute atomic E-state index is 0.0215. The first-order valence-corrected chi connectivity index (χ1v) is 12.2. The average molecular weight is 463 g/mol. The standard InChI is InChI=1S/C25H26N4O3S/c1-2-32-22-21(28-23(30)17-6-5-11-26-14-17)18-7-3-4-8-19(18)25(22)9-12-29(13-10-25)24(31)20-15-33-16-27-20/h3-8,11,14-16,21-22H,2,9-10,12-13H2,1H3,(H,28,30)/t21-,22+/m0/s1. The molecule has 1 saturated heterocycles. The number of likely N-dealkylation sites (tertiary alicyclic amines) is 1. The topological polar surface area (TPSA) is 84.4 Å². The van der Waals surface area contributed by atoms with Gasteiger partial charge in [0.1, 0.15) is 5.69 Å². The molecule has 2 aliphatic rings. The van der Waals surface area contributed by atoms with E-state index in [-0.39, 0.29) is 29.4 Å². The summed E-state index contributed by atoms with van der Waals surface area (Å²) in [4.78, 5) is 36.0. The molecule has 2 atom stereocenters. The van der Waals surface area contributed by atoms with Gasteiger partial charge in [0.15, 0.2) is 0 Å². The van der Waals surface area contributed by atoms with Gasteiger partial charge in [0.25, 0.3) is 11.8 Å². The van der Waals surface area contributed by atoms with Gasteiger partial charge in [-0.1, -0.05) is 24.3 Å². The summed E-state index contributed by atoms with van der Waals surface area (Å²) in [5, 5.41) is 5.02. The van der Waals surface area contributed by atoms with E-state index < -0.39 is 0 Å². The summed E-state index contributed by atoms with van der Waals surface area (Å²) in [6.07, 6.45) is 4.55. The Bertz CT molecular complexity index is 1130. The summed E-state index contributed by atoms with van der Waals surface area (Å²) < 4.78 is 6.35. The van der Waals surface area contributed by atoms with Gasteiger partial charge in [0.05, 0.1) is 23.2 Å². The van der Waals surface area contributed by atoms with Crippen molar-refractivity contribution in [3.8, 4) is 0 Å². The molecule has 2 amide bonds. The van der Waals surface area contributed by atoms with Crippen LogP contribution in [0.3, 0.4) is 0 Å². The minimum atomic E-state index is -0.269. The number of carbonyl (C=O) groups is 2. The first-order valence-electron chi connectivity index (χ1n) is 11.2. The zero-order valence-electron chi connectivity index (χ0n) is 18.4. The molecule has 3 aromatic rings. The Balaban J connectivity index is 1.44. The van der Waals surface area contributed by atoms with Crippen molar-refractivity contribution >= 4 is 23.2 Å². The number of nitrogens with one attached hydrogen (secondary N) is 1. The van der Waals surface area contributed by atoms with Gasteiger partial charge in [-0.2, -0.15) is 0 Å². The van der Waals surface area contributed by atoms with Crippen molar-refractivity contribution in [1.29, 1.82) is 0 Å². The molecule has 1 fully saturated rings. The number of rotatable bonds is 5. The Morgan fingerprint density at radius 3 is 2.73 bits per heavy atom. The maximum atomic E-state index is 13.0. The Hall–Kier alpha value is -3.10. The van der Waals surface area contributed by atoms with E-state index in [0.717, 1.165) is 18.4 Å². The van der Waals surface area contributed by atoms with E-state index in [2.05, 4.69) is 27.4 Å². The lowest BCUT2D eigenvalue weighted by Gasteiger charge is -2.44. The molecular formula is C25H26N4O3S. The third-order valence-corrected chi connectivity index (χ3v) is 7.42. The summed E-state index contributed by atoms with van der Waals surface area (Å²) in [6, 6.07) is 11.5. The van der Waals surface area contributed by atoms with Gasteiger partial charge >= 0.3 is 0 Å². The van der Waals surface area contributed by atoms with E-state index in [0.29, 0.717) is 31.0 Å². The quantitative estimate of drug-likeness (QED) is 0.626. The predicted molar refractivity (Wildman–Crippen MR) is 125 cm³/mol. The first kappa shape index (κ1) is 21.7. The summed E-state index contributed by atoms with van der Waals surface area (Å²) in [5.74, 6) is -0.187. The van der Waals surface area contributed by atoms with Crippen LogP contribution in [0.1, 0.15) is 57.8 Å². The second kappa shape index (κ2) is 9.03. The molecule has 33 heavy (non-hydrogen) atoms.